The third kappa shape index (κ3) is 5.60. The molecule has 0 unspecified atom stereocenters. The van der Waals surface area contributed by atoms with E-state index in [9.17, 15) is 0 Å². The fourth-order valence-electron chi connectivity index (χ4n) is 8.55. The number of anilines is 3. The summed E-state index contributed by atoms with van der Waals surface area (Å²) < 4.78 is 8.67. The summed E-state index contributed by atoms with van der Waals surface area (Å²) in [4.78, 5) is 2.39. The number of fused-ring (bicyclic) bond motifs is 6. The van der Waals surface area contributed by atoms with Crippen molar-refractivity contribution in [2.45, 2.75) is 0 Å². The molecule has 268 valence electrons. The average Bonchev–Trinajstić information content (AvgIpc) is 3.82. The number of benzene rings is 9. The van der Waals surface area contributed by atoms with E-state index in [-0.39, 0.29) is 0 Å². The average molecular weight is 729 g/mol. The molecule has 9 aromatic carbocycles. The Morgan fingerprint density at radius 3 is 1.77 bits per heavy atom. The predicted octanol–water partition coefficient (Wildman–Crippen LogP) is 15.2. The number of hydrogen-bond acceptors (Lipinski definition) is 2. The molecule has 0 amide bonds. The van der Waals surface area contributed by atoms with Crippen LogP contribution in [0.25, 0.3) is 82.8 Å². The van der Waals surface area contributed by atoms with E-state index in [2.05, 4.69) is 216 Å². The first-order valence-corrected chi connectivity index (χ1v) is 19.4. The van der Waals surface area contributed by atoms with Gasteiger partial charge >= 0.3 is 0 Å². The monoisotopic (exact) mass is 728 g/mol. The molecular formula is C54H36N2O. The molecule has 0 radical (unpaired) electrons. The summed E-state index contributed by atoms with van der Waals surface area (Å²) >= 11 is 0. The van der Waals surface area contributed by atoms with E-state index in [0.29, 0.717) is 0 Å². The molecule has 0 spiro atoms. The standard InChI is InChI=1S/C54H36N2O/c1-3-15-37(16-4-1)38-27-29-39(30-28-38)43-19-7-12-24-50(43)56-51-25-13-9-21-45(51)46-33-32-42(36-52(46)56)55(41-17-5-2-6-18-41)49-23-11-8-20-44(49)40-31-34-54-48(35-40)47-22-10-14-26-53(47)57-54/h1-36H. The molecule has 0 bridgehead atoms. The molecule has 11 rings (SSSR count). The summed E-state index contributed by atoms with van der Waals surface area (Å²) in [6, 6.07) is 78.2. The molecule has 11 aromatic rings. The number of rotatable bonds is 7. The molecule has 2 heterocycles. The second kappa shape index (κ2) is 13.6. The maximum Gasteiger partial charge on any atom is 0.135 e. The van der Waals surface area contributed by atoms with Crippen molar-refractivity contribution in [2.24, 2.45) is 0 Å². The highest BCUT2D eigenvalue weighted by atomic mass is 16.3. The van der Waals surface area contributed by atoms with Crippen molar-refractivity contribution in [3.8, 4) is 39.1 Å². The summed E-state index contributed by atoms with van der Waals surface area (Å²) in [6.45, 7) is 0. The van der Waals surface area contributed by atoms with Gasteiger partial charge in [0.15, 0.2) is 0 Å². The number of nitrogens with zero attached hydrogens (tertiary/aromatic N) is 2. The van der Waals surface area contributed by atoms with Gasteiger partial charge in [0.2, 0.25) is 0 Å². The topological polar surface area (TPSA) is 21.3 Å². The van der Waals surface area contributed by atoms with Crippen LogP contribution in [0.3, 0.4) is 0 Å². The van der Waals surface area contributed by atoms with Crippen LogP contribution in [0.2, 0.25) is 0 Å². The van der Waals surface area contributed by atoms with Gasteiger partial charge in [0.1, 0.15) is 11.2 Å². The van der Waals surface area contributed by atoms with Crippen molar-refractivity contribution in [1.29, 1.82) is 0 Å². The van der Waals surface area contributed by atoms with Gasteiger partial charge in [-0.3, -0.25) is 0 Å². The summed E-state index contributed by atoms with van der Waals surface area (Å²) in [5, 5.41) is 4.67. The summed E-state index contributed by atoms with van der Waals surface area (Å²) in [6.07, 6.45) is 0. The third-order valence-corrected chi connectivity index (χ3v) is 11.2. The second-order valence-corrected chi connectivity index (χ2v) is 14.5. The number of para-hydroxylation sites is 5. The molecule has 0 saturated heterocycles. The lowest BCUT2D eigenvalue weighted by Crippen LogP contribution is -2.11. The van der Waals surface area contributed by atoms with Crippen molar-refractivity contribution in [3.63, 3.8) is 0 Å². The van der Waals surface area contributed by atoms with Crippen LogP contribution in [0.4, 0.5) is 17.1 Å². The van der Waals surface area contributed by atoms with Crippen LogP contribution in [0, 0.1) is 0 Å². The van der Waals surface area contributed by atoms with Gasteiger partial charge in [-0.1, -0.05) is 158 Å². The summed E-state index contributed by atoms with van der Waals surface area (Å²) in [7, 11) is 0. The Kier molecular flexibility index (Phi) is 7.82. The lowest BCUT2D eigenvalue weighted by molar-refractivity contribution is 0.669. The Morgan fingerprint density at radius 1 is 0.333 bits per heavy atom. The zero-order valence-corrected chi connectivity index (χ0v) is 31.1. The van der Waals surface area contributed by atoms with Crippen LogP contribution in [-0.4, -0.2) is 4.57 Å². The highest BCUT2D eigenvalue weighted by molar-refractivity contribution is 6.11. The van der Waals surface area contributed by atoms with Crippen molar-refractivity contribution in [3.05, 3.63) is 218 Å². The molecule has 0 N–H and O–H groups in total. The molecule has 0 atom stereocenters. The normalized spacial score (nSPS) is 11.5. The van der Waals surface area contributed by atoms with Crippen molar-refractivity contribution in [1.82, 2.24) is 4.57 Å². The van der Waals surface area contributed by atoms with E-state index in [1.165, 1.54) is 38.5 Å². The largest absolute Gasteiger partial charge is 0.456 e. The minimum absolute atomic E-state index is 0.892. The molecule has 0 aliphatic carbocycles. The van der Waals surface area contributed by atoms with E-state index in [0.717, 1.165) is 61.3 Å². The molecule has 3 nitrogen and oxygen atoms in total. The van der Waals surface area contributed by atoms with Crippen LogP contribution in [0.1, 0.15) is 0 Å². The molecule has 2 aromatic heterocycles. The van der Waals surface area contributed by atoms with E-state index >= 15 is 0 Å². The highest BCUT2D eigenvalue weighted by Crippen LogP contribution is 2.45. The third-order valence-electron chi connectivity index (χ3n) is 11.2. The first kappa shape index (κ1) is 32.8. The van der Waals surface area contributed by atoms with Gasteiger partial charge in [-0.05, 0) is 82.9 Å². The van der Waals surface area contributed by atoms with E-state index in [4.69, 9.17) is 4.42 Å². The Hall–Kier alpha value is -7.62. The van der Waals surface area contributed by atoms with Crippen molar-refractivity contribution in [2.75, 3.05) is 4.90 Å². The first-order chi connectivity index (χ1) is 28.3. The molecule has 3 heteroatoms. The maximum atomic E-state index is 6.22. The number of aromatic nitrogens is 1. The Balaban J connectivity index is 1.10. The molecule has 0 fully saturated rings. The molecule has 0 aliphatic heterocycles. The van der Waals surface area contributed by atoms with Gasteiger partial charge in [-0.2, -0.15) is 0 Å². The lowest BCUT2D eigenvalue weighted by Gasteiger charge is -2.28. The van der Waals surface area contributed by atoms with Gasteiger partial charge < -0.3 is 13.9 Å². The Bertz CT molecular complexity index is 3230. The first-order valence-electron chi connectivity index (χ1n) is 19.4. The number of furan rings is 1. The van der Waals surface area contributed by atoms with Crippen LogP contribution < -0.4 is 4.90 Å². The van der Waals surface area contributed by atoms with Crippen molar-refractivity contribution < 1.29 is 4.42 Å². The Labute approximate surface area is 330 Å². The smallest absolute Gasteiger partial charge is 0.135 e. The van der Waals surface area contributed by atoms with Gasteiger partial charge in [0, 0.05) is 44.0 Å². The maximum absolute atomic E-state index is 6.22. The molecule has 0 saturated carbocycles. The number of hydrogen-bond donors (Lipinski definition) is 0. The summed E-state index contributed by atoms with van der Waals surface area (Å²) in [5.41, 5.74) is 15.5. The SMILES string of the molecule is c1ccc(-c2ccc(-c3ccccc3-n3c4ccccc4c4ccc(N(c5ccccc5)c5ccccc5-c5ccc6oc7ccccc7c6c5)cc43)cc2)cc1. The molecular weight excluding hydrogens is 693 g/mol. The van der Waals surface area contributed by atoms with Crippen LogP contribution in [0.15, 0.2) is 223 Å². The fraction of sp³-hybridized carbons (Fsp3) is 0. The zero-order chi connectivity index (χ0) is 37.7. The second-order valence-electron chi connectivity index (χ2n) is 14.5. The Morgan fingerprint density at radius 2 is 0.930 bits per heavy atom. The van der Waals surface area contributed by atoms with E-state index < -0.39 is 0 Å². The van der Waals surface area contributed by atoms with Crippen LogP contribution in [0.5, 0.6) is 0 Å². The van der Waals surface area contributed by atoms with Crippen LogP contribution in [-0.2, 0) is 0 Å². The van der Waals surface area contributed by atoms with Crippen LogP contribution >= 0.6 is 0 Å². The van der Waals surface area contributed by atoms with E-state index in [1.54, 1.807) is 0 Å². The van der Waals surface area contributed by atoms with Crippen molar-refractivity contribution >= 4 is 60.8 Å². The minimum atomic E-state index is 0.892. The predicted molar refractivity (Wildman–Crippen MR) is 239 cm³/mol. The lowest BCUT2D eigenvalue weighted by atomic mass is 9.99. The highest BCUT2D eigenvalue weighted by Gasteiger charge is 2.21. The quantitative estimate of drug-likeness (QED) is 0.163. The van der Waals surface area contributed by atoms with Gasteiger partial charge in [-0.25, -0.2) is 0 Å². The van der Waals surface area contributed by atoms with Gasteiger partial charge in [0.25, 0.3) is 0 Å². The fourth-order valence-corrected chi connectivity index (χ4v) is 8.55. The zero-order valence-electron chi connectivity index (χ0n) is 31.1. The van der Waals surface area contributed by atoms with E-state index in [1.807, 2.05) is 12.1 Å². The molecule has 0 aliphatic rings. The summed E-state index contributed by atoms with van der Waals surface area (Å²) in [5.74, 6) is 0. The molecule has 57 heavy (non-hydrogen) atoms. The van der Waals surface area contributed by atoms with Gasteiger partial charge in [0.05, 0.1) is 22.4 Å². The minimum Gasteiger partial charge on any atom is -0.456 e. The van der Waals surface area contributed by atoms with Gasteiger partial charge in [-0.15, -0.1) is 0 Å².